The molecular formula is C13H16FN. The van der Waals surface area contributed by atoms with Crippen LogP contribution in [-0.2, 0) is 0 Å². The molecule has 0 N–H and O–H groups in total. The van der Waals surface area contributed by atoms with Gasteiger partial charge in [-0.3, -0.25) is 4.98 Å². The van der Waals surface area contributed by atoms with Gasteiger partial charge in [-0.15, -0.1) is 0 Å². The average Bonchev–Trinajstić information content (AvgIpc) is 2.43. The van der Waals surface area contributed by atoms with Crippen molar-refractivity contribution in [3.63, 3.8) is 0 Å². The second-order valence-corrected chi connectivity index (χ2v) is 4.14. The van der Waals surface area contributed by atoms with Crippen LogP contribution >= 0.6 is 0 Å². The minimum absolute atomic E-state index is 0.566. The Labute approximate surface area is 90.0 Å². The van der Waals surface area contributed by atoms with Crippen molar-refractivity contribution in [1.29, 1.82) is 0 Å². The summed E-state index contributed by atoms with van der Waals surface area (Å²) in [4.78, 5) is 4.17. The zero-order valence-electron chi connectivity index (χ0n) is 9.04. The Morgan fingerprint density at radius 1 is 1.47 bits per heavy atom. The van der Waals surface area contributed by atoms with E-state index in [2.05, 4.69) is 11.1 Å². The van der Waals surface area contributed by atoms with Crippen LogP contribution < -0.4 is 0 Å². The number of hydrogen-bond acceptors (Lipinski definition) is 1. The summed E-state index contributed by atoms with van der Waals surface area (Å²) in [7, 11) is 0. The number of allylic oxidation sites excluding steroid dienone is 2. The number of pyridine rings is 1. The van der Waals surface area contributed by atoms with Gasteiger partial charge in [0.25, 0.3) is 0 Å². The lowest BCUT2D eigenvalue weighted by atomic mass is 10.0. The molecule has 0 aliphatic heterocycles. The number of rotatable bonds is 1. The third kappa shape index (κ3) is 2.65. The van der Waals surface area contributed by atoms with Crippen LogP contribution in [0, 0.1) is 6.92 Å². The van der Waals surface area contributed by atoms with Crippen LogP contribution in [0.15, 0.2) is 24.4 Å². The smallest absolute Gasteiger partial charge is 0.104 e. The van der Waals surface area contributed by atoms with Crippen molar-refractivity contribution in [2.24, 2.45) is 0 Å². The molecule has 1 aliphatic carbocycles. The molecule has 0 aromatic carbocycles. The SMILES string of the molecule is Cc1cc(C2=CCC(F)CCC2)ccn1. The van der Waals surface area contributed by atoms with Gasteiger partial charge < -0.3 is 0 Å². The first-order valence-corrected chi connectivity index (χ1v) is 5.52. The summed E-state index contributed by atoms with van der Waals surface area (Å²) in [5, 5.41) is 0. The van der Waals surface area contributed by atoms with Crippen molar-refractivity contribution in [3.05, 3.63) is 35.7 Å². The molecule has 2 rings (SSSR count). The van der Waals surface area contributed by atoms with E-state index in [1.807, 2.05) is 25.3 Å². The Morgan fingerprint density at radius 3 is 3.13 bits per heavy atom. The molecule has 1 aromatic heterocycles. The van der Waals surface area contributed by atoms with Crippen LogP contribution in [0.25, 0.3) is 5.57 Å². The van der Waals surface area contributed by atoms with Gasteiger partial charge in [-0.1, -0.05) is 6.08 Å². The molecule has 0 saturated carbocycles. The monoisotopic (exact) mass is 205 g/mol. The molecule has 0 bridgehead atoms. The highest BCUT2D eigenvalue weighted by Crippen LogP contribution is 2.27. The predicted molar refractivity (Wildman–Crippen MR) is 60.3 cm³/mol. The lowest BCUT2D eigenvalue weighted by Crippen LogP contribution is -1.94. The molecule has 0 fully saturated rings. The fourth-order valence-corrected chi connectivity index (χ4v) is 2.01. The molecule has 1 nitrogen and oxygen atoms in total. The Hall–Kier alpha value is -1.18. The van der Waals surface area contributed by atoms with Crippen LogP contribution in [0.5, 0.6) is 0 Å². The van der Waals surface area contributed by atoms with E-state index in [0.29, 0.717) is 12.8 Å². The van der Waals surface area contributed by atoms with Gasteiger partial charge in [0, 0.05) is 11.9 Å². The Morgan fingerprint density at radius 2 is 2.33 bits per heavy atom. The zero-order valence-corrected chi connectivity index (χ0v) is 9.04. The van der Waals surface area contributed by atoms with E-state index in [-0.39, 0.29) is 0 Å². The van der Waals surface area contributed by atoms with Crippen LogP contribution in [-0.4, -0.2) is 11.2 Å². The summed E-state index contributed by atoms with van der Waals surface area (Å²) in [6, 6.07) is 4.09. The Balaban J connectivity index is 2.22. The van der Waals surface area contributed by atoms with Crippen LogP contribution in [0.3, 0.4) is 0 Å². The maximum atomic E-state index is 13.2. The topological polar surface area (TPSA) is 12.9 Å². The van der Waals surface area contributed by atoms with Crippen molar-refractivity contribution >= 4 is 5.57 Å². The van der Waals surface area contributed by atoms with E-state index in [9.17, 15) is 4.39 Å². The van der Waals surface area contributed by atoms with E-state index in [1.54, 1.807) is 0 Å². The first-order chi connectivity index (χ1) is 7.25. The van der Waals surface area contributed by atoms with Gasteiger partial charge in [0.15, 0.2) is 0 Å². The van der Waals surface area contributed by atoms with Crippen molar-refractivity contribution in [2.75, 3.05) is 0 Å². The number of halogens is 1. The molecule has 1 unspecified atom stereocenters. The third-order valence-electron chi connectivity index (χ3n) is 2.85. The maximum Gasteiger partial charge on any atom is 0.104 e. The molecule has 0 radical (unpaired) electrons. The first kappa shape index (κ1) is 10.3. The van der Waals surface area contributed by atoms with Crippen LogP contribution in [0.4, 0.5) is 4.39 Å². The number of nitrogens with zero attached hydrogens (tertiary/aromatic N) is 1. The zero-order chi connectivity index (χ0) is 10.7. The molecular weight excluding hydrogens is 189 g/mol. The summed E-state index contributed by atoms with van der Waals surface area (Å²) in [5.41, 5.74) is 3.51. The number of aryl methyl sites for hydroxylation is 1. The van der Waals surface area contributed by atoms with E-state index in [4.69, 9.17) is 0 Å². The minimum Gasteiger partial charge on any atom is -0.262 e. The van der Waals surface area contributed by atoms with Crippen LogP contribution in [0.2, 0.25) is 0 Å². The standard InChI is InChI=1S/C13H16FN/c1-10-9-12(7-8-15-10)11-3-2-4-13(14)6-5-11/h5,7-9,13H,2-4,6H2,1H3. The highest BCUT2D eigenvalue weighted by atomic mass is 19.1. The van der Waals surface area contributed by atoms with E-state index in [1.165, 1.54) is 11.1 Å². The van der Waals surface area contributed by atoms with E-state index < -0.39 is 6.17 Å². The van der Waals surface area contributed by atoms with E-state index in [0.717, 1.165) is 18.5 Å². The number of aromatic nitrogens is 1. The van der Waals surface area contributed by atoms with Gasteiger partial charge in [-0.2, -0.15) is 0 Å². The van der Waals surface area contributed by atoms with Crippen molar-refractivity contribution in [3.8, 4) is 0 Å². The van der Waals surface area contributed by atoms with Gasteiger partial charge >= 0.3 is 0 Å². The largest absolute Gasteiger partial charge is 0.262 e. The Kier molecular flexibility index (Phi) is 3.14. The summed E-state index contributed by atoms with van der Waals surface area (Å²) in [6.45, 7) is 1.98. The molecule has 1 aliphatic rings. The summed E-state index contributed by atoms with van der Waals surface area (Å²) >= 11 is 0. The van der Waals surface area contributed by atoms with Gasteiger partial charge in [0.1, 0.15) is 6.17 Å². The molecule has 1 heterocycles. The second kappa shape index (κ2) is 4.56. The lowest BCUT2D eigenvalue weighted by molar-refractivity contribution is 0.316. The van der Waals surface area contributed by atoms with Gasteiger partial charge in [-0.05, 0) is 55.9 Å². The predicted octanol–water partition coefficient (Wildman–Crippen LogP) is 3.69. The summed E-state index contributed by atoms with van der Waals surface area (Å²) < 4.78 is 13.2. The number of hydrogen-bond donors (Lipinski definition) is 0. The average molecular weight is 205 g/mol. The lowest BCUT2D eigenvalue weighted by Gasteiger charge is -2.05. The van der Waals surface area contributed by atoms with Crippen molar-refractivity contribution < 1.29 is 4.39 Å². The molecule has 1 aromatic rings. The molecule has 15 heavy (non-hydrogen) atoms. The highest BCUT2D eigenvalue weighted by Gasteiger charge is 2.12. The minimum atomic E-state index is -0.648. The van der Waals surface area contributed by atoms with Crippen molar-refractivity contribution in [1.82, 2.24) is 4.98 Å². The first-order valence-electron chi connectivity index (χ1n) is 5.52. The molecule has 80 valence electrons. The molecule has 0 amide bonds. The highest BCUT2D eigenvalue weighted by molar-refractivity contribution is 5.65. The fraction of sp³-hybridized carbons (Fsp3) is 0.462. The normalized spacial score (nSPS) is 22.0. The third-order valence-corrected chi connectivity index (χ3v) is 2.85. The molecule has 1 atom stereocenters. The van der Waals surface area contributed by atoms with Crippen LogP contribution in [0.1, 0.15) is 36.9 Å². The molecule has 2 heteroatoms. The number of alkyl halides is 1. The summed E-state index contributed by atoms with van der Waals surface area (Å²) in [6.07, 6.45) is 6.43. The van der Waals surface area contributed by atoms with Crippen molar-refractivity contribution in [2.45, 2.75) is 38.8 Å². The van der Waals surface area contributed by atoms with Gasteiger partial charge in [-0.25, -0.2) is 4.39 Å². The Bertz CT molecular complexity index is 371. The molecule has 0 saturated heterocycles. The van der Waals surface area contributed by atoms with Gasteiger partial charge in [0.05, 0.1) is 0 Å². The second-order valence-electron chi connectivity index (χ2n) is 4.14. The molecule has 0 spiro atoms. The van der Waals surface area contributed by atoms with Gasteiger partial charge in [0.2, 0.25) is 0 Å². The fourth-order valence-electron chi connectivity index (χ4n) is 2.01. The summed E-state index contributed by atoms with van der Waals surface area (Å²) in [5.74, 6) is 0. The van der Waals surface area contributed by atoms with E-state index >= 15 is 0 Å². The maximum absolute atomic E-state index is 13.2. The quantitative estimate of drug-likeness (QED) is 0.681.